The van der Waals surface area contributed by atoms with Crippen molar-refractivity contribution >= 4 is 56.9 Å². The second-order valence-corrected chi connectivity index (χ2v) is 7.15. The predicted octanol–water partition coefficient (Wildman–Crippen LogP) is 2.41. The Kier molecular flexibility index (Phi) is 6.00. The lowest BCUT2D eigenvalue weighted by atomic mass is 10.1. The number of thiophene rings is 1. The maximum absolute atomic E-state index is 12.3. The van der Waals surface area contributed by atoms with Crippen LogP contribution in [-0.4, -0.2) is 26.8 Å². The lowest BCUT2D eigenvalue weighted by molar-refractivity contribution is -0.394. The minimum atomic E-state index is -0.894. The standard InChI is InChI=1S/C15H13N5O6S2/c1-6-7(2)28-14(11(6)12(16)21)18-15(27)17-13(22)8-3-9(19(23)24)5-10(4-8)20(25)26/h3-5H,1-2H3,(H2,16,21)(H2,17,18,22,27). The van der Waals surface area contributed by atoms with Crippen LogP contribution in [0.3, 0.4) is 0 Å². The van der Waals surface area contributed by atoms with Gasteiger partial charge in [0, 0.05) is 17.0 Å². The summed E-state index contributed by atoms with van der Waals surface area (Å²) in [5.41, 5.74) is 4.71. The van der Waals surface area contributed by atoms with Gasteiger partial charge in [-0.2, -0.15) is 0 Å². The number of rotatable bonds is 5. The number of primary amides is 1. The number of amides is 2. The molecular formula is C15H13N5O6S2. The van der Waals surface area contributed by atoms with Crippen LogP contribution in [0.15, 0.2) is 18.2 Å². The second-order valence-electron chi connectivity index (χ2n) is 5.51. The zero-order valence-electron chi connectivity index (χ0n) is 14.5. The van der Waals surface area contributed by atoms with Crippen molar-refractivity contribution in [3.8, 4) is 0 Å². The maximum Gasteiger partial charge on any atom is 0.277 e. The lowest BCUT2D eigenvalue weighted by Gasteiger charge is -2.09. The van der Waals surface area contributed by atoms with Gasteiger partial charge in [-0.05, 0) is 31.6 Å². The fourth-order valence-electron chi connectivity index (χ4n) is 2.26. The van der Waals surface area contributed by atoms with E-state index in [-0.39, 0.29) is 16.2 Å². The molecule has 0 bridgehead atoms. The van der Waals surface area contributed by atoms with Crippen LogP contribution in [0.25, 0.3) is 0 Å². The van der Waals surface area contributed by atoms with Crippen LogP contribution < -0.4 is 16.4 Å². The van der Waals surface area contributed by atoms with E-state index in [9.17, 15) is 29.8 Å². The quantitative estimate of drug-likeness (QED) is 0.374. The number of nitro groups is 2. The number of nitrogens with two attached hydrogens (primary N) is 1. The summed E-state index contributed by atoms with van der Waals surface area (Å²) < 4.78 is 0. The SMILES string of the molecule is Cc1sc(NC(=S)NC(=O)c2cc([N+](=O)[O-])cc([N+](=O)[O-])c2)c(C(N)=O)c1C. The molecule has 0 atom stereocenters. The first-order valence-corrected chi connectivity index (χ1v) is 8.69. The summed E-state index contributed by atoms with van der Waals surface area (Å²) >= 11 is 6.23. The van der Waals surface area contributed by atoms with Gasteiger partial charge in [-0.3, -0.25) is 35.1 Å². The minimum absolute atomic E-state index is 0.206. The van der Waals surface area contributed by atoms with Crippen molar-refractivity contribution < 1.29 is 19.4 Å². The Morgan fingerprint density at radius 2 is 1.64 bits per heavy atom. The number of hydrogen-bond donors (Lipinski definition) is 3. The van der Waals surface area contributed by atoms with E-state index in [1.807, 2.05) is 0 Å². The molecule has 0 unspecified atom stereocenters. The number of nitrogens with zero attached hydrogens (tertiary/aromatic N) is 2. The highest BCUT2D eigenvalue weighted by atomic mass is 32.1. The molecule has 13 heteroatoms. The molecule has 1 heterocycles. The van der Waals surface area contributed by atoms with Crippen LogP contribution in [0.4, 0.5) is 16.4 Å². The molecule has 1 aromatic carbocycles. The van der Waals surface area contributed by atoms with E-state index >= 15 is 0 Å². The molecule has 4 N–H and O–H groups in total. The van der Waals surface area contributed by atoms with Gasteiger partial charge in [-0.15, -0.1) is 11.3 Å². The molecule has 0 spiro atoms. The summed E-state index contributed by atoms with van der Waals surface area (Å²) in [6.07, 6.45) is 0. The van der Waals surface area contributed by atoms with Gasteiger partial charge in [0.1, 0.15) is 5.00 Å². The number of anilines is 1. The molecule has 0 fully saturated rings. The Balaban J connectivity index is 2.25. The first-order valence-electron chi connectivity index (χ1n) is 7.47. The number of carbonyl (C=O) groups is 2. The Morgan fingerprint density at radius 1 is 1.11 bits per heavy atom. The molecule has 2 amide bonds. The van der Waals surface area contributed by atoms with Crippen LogP contribution in [0, 0.1) is 34.1 Å². The third-order valence-corrected chi connectivity index (χ3v) is 5.00. The summed E-state index contributed by atoms with van der Waals surface area (Å²) in [6.45, 7) is 3.49. The topological polar surface area (TPSA) is 170 Å². The molecule has 0 aliphatic carbocycles. The van der Waals surface area contributed by atoms with Gasteiger partial charge in [0.15, 0.2) is 5.11 Å². The molecule has 0 aliphatic heterocycles. The molecule has 146 valence electrons. The van der Waals surface area contributed by atoms with Gasteiger partial charge in [0.2, 0.25) is 0 Å². The molecule has 0 saturated carbocycles. The maximum atomic E-state index is 12.3. The van der Waals surface area contributed by atoms with Crippen LogP contribution in [-0.2, 0) is 0 Å². The number of hydrogen-bond acceptors (Lipinski definition) is 8. The number of nitrogens with one attached hydrogen (secondary N) is 2. The summed E-state index contributed by atoms with van der Waals surface area (Å²) in [5.74, 6) is -1.57. The Labute approximate surface area is 166 Å². The van der Waals surface area contributed by atoms with Gasteiger partial charge in [0.25, 0.3) is 23.2 Å². The number of nitro benzene ring substituents is 2. The molecule has 2 aromatic rings. The third-order valence-electron chi connectivity index (χ3n) is 3.67. The molecule has 0 radical (unpaired) electrons. The van der Waals surface area contributed by atoms with Crippen LogP contribution in [0.2, 0.25) is 0 Å². The highest BCUT2D eigenvalue weighted by Gasteiger charge is 2.22. The fraction of sp³-hybridized carbons (Fsp3) is 0.133. The second kappa shape index (κ2) is 8.06. The monoisotopic (exact) mass is 423 g/mol. The first-order chi connectivity index (χ1) is 13.0. The number of non-ortho nitro benzene ring substituents is 2. The Bertz CT molecular complexity index is 1000. The largest absolute Gasteiger partial charge is 0.365 e. The third kappa shape index (κ3) is 4.44. The van der Waals surface area contributed by atoms with E-state index in [2.05, 4.69) is 10.6 Å². The molecule has 0 saturated heterocycles. The van der Waals surface area contributed by atoms with E-state index < -0.39 is 33.0 Å². The first kappa shape index (κ1) is 20.9. The van der Waals surface area contributed by atoms with Crippen molar-refractivity contribution in [1.29, 1.82) is 0 Å². The molecule has 2 rings (SSSR count). The van der Waals surface area contributed by atoms with E-state index in [1.165, 1.54) is 11.3 Å². The average molecular weight is 423 g/mol. The molecule has 28 heavy (non-hydrogen) atoms. The number of benzene rings is 1. The summed E-state index contributed by atoms with van der Waals surface area (Å²) in [5, 5.41) is 26.9. The molecule has 11 nitrogen and oxygen atoms in total. The van der Waals surface area contributed by atoms with Crippen molar-refractivity contribution in [3.05, 3.63) is 60.0 Å². The predicted molar refractivity (Wildman–Crippen MR) is 106 cm³/mol. The summed E-state index contributed by atoms with van der Waals surface area (Å²) in [4.78, 5) is 44.9. The highest BCUT2D eigenvalue weighted by Crippen LogP contribution is 2.32. The number of aryl methyl sites for hydroxylation is 1. The Morgan fingerprint density at radius 3 is 2.11 bits per heavy atom. The highest BCUT2D eigenvalue weighted by molar-refractivity contribution is 7.80. The van der Waals surface area contributed by atoms with Gasteiger partial charge in [-0.1, -0.05) is 0 Å². The van der Waals surface area contributed by atoms with E-state index in [0.29, 0.717) is 10.6 Å². The van der Waals surface area contributed by atoms with Crippen molar-refractivity contribution in [2.45, 2.75) is 13.8 Å². The van der Waals surface area contributed by atoms with Crippen molar-refractivity contribution in [2.75, 3.05) is 5.32 Å². The zero-order valence-corrected chi connectivity index (χ0v) is 16.1. The summed E-state index contributed by atoms with van der Waals surface area (Å²) in [6, 6.07) is 2.52. The molecular weight excluding hydrogens is 410 g/mol. The fourth-order valence-corrected chi connectivity index (χ4v) is 3.59. The average Bonchev–Trinajstić information content (AvgIpc) is 2.87. The van der Waals surface area contributed by atoms with Crippen molar-refractivity contribution in [3.63, 3.8) is 0 Å². The van der Waals surface area contributed by atoms with E-state index in [0.717, 1.165) is 23.1 Å². The minimum Gasteiger partial charge on any atom is -0.365 e. The number of carbonyl (C=O) groups excluding carboxylic acids is 2. The van der Waals surface area contributed by atoms with Crippen LogP contribution in [0.5, 0.6) is 0 Å². The summed E-state index contributed by atoms with van der Waals surface area (Å²) in [7, 11) is 0. The van der Waals surface area contributed by atoms with Crippen molar-refractivity contribution in [2.24, 2.45) is 5.73 Å². The lowest BCUT2D eigenvalue weighted by Crippen LogP contribution is -2.34. The number of thiocarbonyl (C=S) groups is 1. The van der Waals surface area contributed by atoms with Crippen molar-refractivity contribution in [1.82, 2.24) is 5.32 Å². The normalized spacial score (nSPS) is 10.2. The van der Waals surface area contributed by atoms with Gasteiger partial charge in [-0.25, -0.2) is 0 Å². The zero-order chi connectivity index (χ0) is 21.2. The smallest absolute Gasteiger partial charge is 0.277 e. The van der Waals surface area contributed by atoms with Crippen LogP contribution in [0.1, 0.15) is 31.2 Å². The van der Waals surface area contributed by atoms with Gasteiger partial charge < -0.3 is 11.1 Å². The molecule has 0 aliphatic rings. The molecule has 1 aromatic heterocycles. The Hall–Kier alpha value is -3.45. The van der Waals surface area contributed by atoms with Gasteiger partial charge >= 0.3 is 0 Å². The van der Waals surface area contributed by atoms with E-state index in [1.54, 1.807) is 13.8 Å². The van der Waals surface area contributed by atoms with E-state index in [4.69, 9.17) is 18.0 Å². The van der Waals surface area contributed by atoms with Gasteiger partial charge in [0.05, 0.1) is 27.0 Å². The van der Waals surface area contributed by atoms with Crippen LogP contribution >= 0.6 is 23.6 Å².